The highest BCUT2D eigenvalue weighted by atomic mass is 35.5. The van der Waals surface area contributed by atoms with E-state index in [1.807, 2.05) is 0 Å². The van der Waals surface area contributed by atoms with Crippen molar-refractivity contribution in [2.75, 3.05) is 25.2 Å². The Labute approximate surface area is 133 Å². The van der Waals surface area contributed by atoms with E-state index in [9.17, 15) is 18.0 Å². The van der Waals surface area contributed by atoms with Gasteiger partial charge in [-0.05, 0) is 18.6 Å². The summed E-state index contributed by atoms with van der Waals surface area (Å²) in [6, 6.07) is 2.59. The molecule has 1 aliphatic heterocycles. The van der Waals surface area contributed by atoms with Gasteiger partial charge in [0.1, 0.15) is 5.15 Å². The van der Waals surface area contributed by atoms with Gasteiger partial charge in [0, 0.05) is 19.3 Å². The van der Waals surface area contributed by atoms with Crippen molar-refractivity contribution in [2.45, 2.75) is 12.5 Å². The molecule has 0 aromatic carbocycles. The Bertz CT molecular complexity index is 691. The summed E-state index contributed by atoms with van der Waals surface area (Å²) in [5, 5.41) is -0.00445. The number of halogens is 1. The van der Waals surface area contributed by atoms with E-state index in [0.29, 0.717) is 6.42 Å². The molecule has 0 N–H and O–H groups in total. The minimum atomic E-state index is -3.08. The Morgan fingerprint density at radius 2 is 2.23 bits per heavy atom. The Hall–Kier alpha value is -1.67. The molecular weight excluding hydrogens is 332 g/mol. The monoisotopic (exact) mass is 346 g/mol. The zero-order chi connectivity index (χ0) is 16.3. The quantitative estimate of drug-likeness (QED) is 0.583. The third kappa shape index (κ3) is 3.95. The normalized spacial score (nSPS) is 19.6. The molecule has 22 heavy (non-hydrogen) atoms. The van der Waals surface area contributed by atoms with E-state index in [1.54, 1.807) is 0 Å². The zero-order valence-corrected chi connectivity index (χ0v) is 13.4. The number of esters is 1. The van der Waals surface area contributed by atoms with Crippen LogP contribution in [-0.2, 0) is 19.4 Å². The van der Waals surface area contributed by atoms with Gasteiger partial charge in [-0.15, -0.1) is 0 Å². The molecular formula is C13H15ClN2O5S. The second-order valence-corrected chi connectivity index (χ2v) is 7.57. The first-order valence-electron chi connectivity index (χ1n) is 6.54. The van der Waals surface area contributed by atoms with E-state index >= 15 is 0 Å². The lowest BCUT2D eigenvalue weighted by Crippen LogP contribution is -2.40. The Balaban J connectivity index is 1.90. The molecule has 2 heterocycles. The lowest BCUT2D eigenvalue weighted by atomic mass is 10.2. The van der Waals surface area contributed by atoms with Crippen LogP contribution in [0, 0.1) is 0 Å². The van der Waals surface area contributed by atoms with E-state index in [1.165, 1.54) is 30.3 Å². The van der Waals surface area contributed by atoms with Gasteiger partial charge < -0.3 is 9.64 Å². The first-order valence-corrected chi connectivity index (χ1v) is 8.74. The van der Waals surface area contributed by atoms with Gasteiger partial charge in [0.2, 0.25) is 0 Å². The van der Waals surface area contributed by atoms with Crippen molar-refractivity contribution < 1.29 is 22.7 Å². The molecule has 1 saturated heterocycles. The SMILES string of the molecule is CN(C(=O)COC(=O)c1cccnc1Cl)[C@@H]1CCS(=O)(=O)C1. The van der Waals surface area contributed by atoms with Crippen molar-refractivity contribution in [1.82, 2.24) is 9.88 Å². The highest BCUT2D eigenvalue weighted by molar-refractivity contribution is 7.91. The Kier molecular flexibility index (Phi) is 5.02. The van der Waals surface area contributed by atoms with Crippen molar-refractivity contribution in [3.8, 4) is 0 Å². The molecule has 1 amide bonds. The number of carbonyl (C=O) groups is 2. The Morgan fingerprint density at radius 3 is 2.82 bits per heavy atom. The van der Waals surface area contributed by atoms with Crippen LogP contribution in [0.5, 0.6) is 0 Å². The standard InChI is InChI=1S/C13H15ClN2O5S/c1-16(9-4-6-22(19,20)8-9)11(17)7-21-13(18)10-3-2-5-15-12(10)14/h2-3,5,9H,4,6-8H2,1H3/t9-/m1/s1. The summed E-state index contributed by atoms with van der Waals surface area (Å²) in [4.78, 5) is 28.8. The fraction of sp³-hybridized carbons (Fsp3) is 0.462. The minimum absolute atomic E-state index is 0.00445. The predicted octanol–water partition coefficient (Wildman–Crippen LogP) is 0.537. The van der Waals surface area contributed by atoms with Crippen LogP contribution < -0.4 is 0 Å². The van der Waals surface area contributed by atoms with Crippen LogP contribution in [0.2, 0.25) is 5.15 Å². The van der Waals surface area contributed by atoms with E-state index in [4.69, 9.17) is 16.3 Å². The van der Waals surface area contributed by atoms with E-state index in [-0.39, 0.29) is 28.3 Å². The van der Waals surface area contributed by atoms with Crippen LogP contribution in [0.4, 0.5) is 0 Å². The summed E-state index contributed by atoms with van der Waals surface area (Å²) in [6.07, 6.45) is 1.82. The largest absolute Gasteiger partial charge is 0.452 e. The number of carbonyl (C=O) groups excluding carboxylic acids is 2. The molecule has 0 spiro atoms. The van der Waals surface area contributed by atoms with E-state index in [2.05, 4.69) is 4.98 Å². The van der Waals surface area contributed by atoms with Crippen LogP contribution in [0.1, 0.15) is 16.8 Å². The molecule has 0 bridgehead atoms. The maximum Gasteiger partial charge on any atom is 0.341 e. The molecule has 1 aromatic heterocycles. The molecule has 9 heteroatoms. The van der Waals surface area contributed by atoms with E-state index in [0.717, 1.165) is 0 Å². The van der Waals surface area contributed by atoms with Crippen molar-refractivity contribution in [3.63, 3.8) is 0 Å². The molecule has 0 aliphatic carbocycles. The van der Waals surface area contributed by atoms with Crippen molar-refractivity contribution in [1.29, 1.82) is 0 Å². The fourth-order valence-electron chi connectivity index (χ4n) is 2.13. The van der Waals surface area contributed by atoms with Gasteiger partial charge in [-0.2, -0.15) is 0 Å². The van der Waals surface area contributed by atoms with Crippen molar-refractivity contribution in [3.05, 3.63) is 29.0 Å². The summed E-state index contributed by atoms with van der Waals surface area (Å²) < 4.78 is 27.7. The molecule has 0 unspecified atom stereocenters. The number of pyridine rings is 1. The molecule has 0 saturated carbocycles. The lowest BCUT2D eigenvalue weighted by Gasteiger charge is -2.23. The summed E-state index contributed by atoms with van der Waals surface area (Å²) in [5.74, 6) is -1.20. The number of ether oxygens (including phenoxy) is 1. The lowest BCUT2D eigenvalue weighted by molar-refractivity contribution is -0.134. The van der Waals surface area contributed by atoms with Gasteiger partial charge in [0.25, 0.3) is 5.91 Å². The van der Waals surface area contributed by atoms with Crippen LogP contribution in [-0.4, -0.2) is 61.4 Å². The summed E-state index contributed by atoms with van der Waals surface area (Å²) in [5.41, 5.74) is 0.0723. The number of sulfone groups is 1. The van der Waals surface area contributed by atoms with Gasteiger partial charge in [0.05, 0.1) is 17.1 Å². The molecule has 1 atom stereocenters. The fourth-order valence-corrected chi connectivity index (χ4v) is 4.10. The number of hydrogen-bond donors (Lipinski definition) is 0. The van der Waals surface area contributed by atoms with Crippen LogP contribution >= 0.6 is 11.6 Å². The highest BCUT2D eigenvalue weighted by Crippen LogP contribution is 2.17. The van der Waals surface area contributed by atoms with Crippen LogP contribution in [0.15, 0.2) is 18.3 Å². The van der Waals surface area contributed by atoms with E-state index < -0.39 is 28.3 Å². The number of likely N-dealkylation sites (N-methyl/N-ethyl adjacent to an activating group) is 1. The number of rotatable bonds is 4. The minimum Gasteiger partial charge on any atom is -0.452 e. The highest BCUT2D eigenvalue weighted by Gasteiger charge is 2.33. The van der Waals surface area contributed by atoms with Gasteiger partial charge in [-0.3, -0.25) is 4.79 Å². The van der Waals surface area contributed by atoms with Crippen LogP contribution in [0.25, 0.3) is 0 Å². The maximum absolute atomic E-state index is 12.0. The van der Waals surface area contributed by atoms with Crippen molar-refractivity contribution in [2.24, 2.45) is 0 Å². The smallest absolute Gasteiger partial charge is 0.341 e. The summed E-state index contributed by atoms with van der Waals surface area (Å²) in [6.45, 7) is -0.475. The number of nitrogens with zero attached hydrogens (tertiary/aromatic N) is 2. The molecule has 1 aliphatic rings. The van der Waals surface area contributed by atoms with Gasteiger partial charge in [-0.25, -0.2) is 18.2 Å². The van der Waals surface area contributed by atoms with Gasteiger partial charge in [-0.1, -0.05) is 11.6 Å². The molecule has 0 radical (unpaired) electrons. The van der Waals surface area contributed by atoms with Crippen molar-refractivity contribution >= 4 is 33.3 Å². The first-order chi connectivity index (χ1) is 10.3. The summed E-state index contributed by atoms with van der Waals surface area (Å²) in [7, 11) is -1.58. The maximum atomic E-state index is 12.0. The molecule has 2 rings (SSSR count). The Morgan fingerprint density at radius 1 is 1.50 bits per heavy atom. The third-order valence-electron chi connectivity index (χ3n) is 3.46. The molecule has 1 aromatic rings. The first kappa shape index (κ1) is 16.7. The molecule has 1 fully saturated rings. The average molecular weight is 347 g/mol. The molecule has 7 nitrogen and oxygen atoms in total. The topological polar surface area (TPSA) is 93.6 Å². The average Bonchev–Trinajstić information content (AvgIpc) is 2.84. The number of aromatic nitrogens is 1. The number of amides is 1. The summed E-state index contributed by atoms with van der Waals surface area (Å²) >= 11 is 5.76. The molecule has 120 valence electrons. The second-order valence-electron chi connectivity index (χ2n) is 4.98. The zero-order valence-electron chi connectivity index (χ0n) is 11.9. The second kappa shape index (κ2) is 6.62. The van der Waals surface area contributed by atoms with Gasteiger partial charge >= 0.3 is 5.97 Å². The van der Waals surface area contributed by atoms with Gasteiger partial charge in [0.15, 0.2) is 16.4 Å². The predicted molar refractivity (Wildman–Crippen MR) is 79.4 cm³/mol. The third-order valence-corrected chi connectivity index (χ3v) is 5.51. The van der Waals surface area contributed by atoms with Crippen LogP contribution in [0.3, 0.4) is 0 Å². The number of hydrogen-bond acceptors (Lipinski definition) is 6.